The number of amides is 2. The number of nitrogens with one attached hydrogen (secondary N) is 3. The summed E-state index contributed by atoms with van der Waals surface area (Å²) in [5.41, 5.74) is 2.17. The summed E-state index contributed by atoms with van der Waals surface area (Å²) in [5, 5.41) is 17.4. The minimum atomic E-state index is -0.131. The second-order valence-corrected chi connectivity index (χ2v) is 8.77. The first-order valence-electron chi connectivity index (χ1n) is 10.1. The molecule has 1 aliphatic carbocycles. The highest BCUT2D eigenvalue weighted by Crippen LogP contribution is 2.40. The van der Waals surface area contributed by atoms with Gasteiger partial charge in [-0.05, 0) is 30.7 Å². The Bertz CT molecular complexity index is 1140. The standard InChI is InChI=1S/C20H22N8O2S/c1-30-10-16-25-19(31-27-16)26-20(29)28-8-11-4-14(5-12(11)9-28)24-17-13(6-21)7-23-18-15(17)2-3-22-18/h2-3,7,11-12,14H,4-5,8-10H2,1H3,(H2,22,23,24)(H,25,26,27,29)/t11-,12?,14+/m1/s1. The lowest BCUT2D eigenvalue weighted by Crippen LogP contribution is -2.34. The van der Waals surface area contributed by atoms with Gasteiger partial charge in [0.15, 0.2) is 5.82 Å². The number of rotatable bonds is 5. The lowest BCUT2D eigenvalue weighted by atomic mass is 10.0. The van der Waals surface area contributed by atoms with E-state index in [4.69, 9.17) is 4.74 Å². The Hall–Kier alpha value is -3.23. The van der Waals surface area contributed by atoms with Gasteiger partial charge < -0.3 is 19.9 Å². The molecule has 1 aliphatic heterocycles. The van der Waals surface area contributed by atoms with Crippen molar-refractivity contribution in [2.24, 2.45) is 11.8 Å². The number of urea groups is 1. The van der Waals surface area contributed by atoms with Crippen molar-refractivity contribution < 1.29 is 9.53 Å². The second-order valence-electron chi connectivity index (χ2n) is 8.02. The van der Waals surface area contributed by atoms with E-state index < -0.39 is 0 Å². The number of methoxy groups -OCH3 is 1. The zero-order valence-corrected chi connectivity index (χ0v) is 17.8. The molecule has 0 bridgehead atoms. The summed E-state index contributed by atoms with van der Waals surface area (Å²) in [4.78, 5) is 26.2. The molecule has 1 unspecified atom stereocenters. The summed E-state index contributed by atoms with van der Waals surface area (Å²) in [5.74, 6) is 1.45. The molecular formula is C20H22N8O2S. The van der Waals surface area contributed by atoms with E-state index in [1.54, 1.807) is 13.3 Å². The Morgan fingerprint density at radius 3 is 2.97 bits per heavy atom. The molecule has 3 atom stereocenters. The van der Waals surface area contributed by atoms with Crippen LogP contribution in [0.25, 0.3) is 11.0 Å². The summed E-state index contributed by atoms with van der Waals surface area (Å²) in [7, 11) is 1.58. The third-order valence-corrected chi connectivity index (χ3v) is 6.72. The average molecular weight is 439 g/mol. The van der Waals surface area contributed by atoms with Crippen LogP contribution in [0.1, 0.15) is 24.2 Å². The molecule has 10 nitrogen and oxygen atoms in total. The smallest absolute Gasteiger partial charge is 0.323 e. The van der Waals surface area contributed by atoms with Gasteiger partial charge in [-0.2, -0.15) is 9.64 Å². The quantitative estimate of drug-likeness (QED) is 0.558. The van der Waals surface area contributed by atoms with Gasteiger partial charge in [-0.25, -0.2) is 14.8 Å². The first kappa shape index (κ1) is 19.7. The van der Waals surface area contributed by atoms with Crippen LogP contribution in [0.15, 0.2) is 18.5 Å². The topological polar surface area (TPSA) is 132 Å². The highest BCUT2D eigenvalue weighted by atomic mass is 32.1. The number of pyridine rings is 1. The molecule has 5 rings (SSSR count). The summed E-state index contributed by atoms with van der Waals surface area (Å²) in [6.45, 7) is 1.77. The number of aromatic nitrogens is 4. The molecule has 3 aromatic rings. The predicted octanol–water partition coefficient (Wildman–Crippen LogP) is 2.79. The highest BCUT2D eigenvalue weighted by Gasteiger charge is 2.42. The van der Waals surface area contributed by atoms with Crippen molar-refractivity contribution in [3.63, 3.8) is 0 Å². The van der Waals surface area contributed by atoms with E-state index in [2.05, 4.69) is 36.0 Å². The van der Waals surface area contributed by atoms with Crippen LogP contribution < -0.4 is 10.6 Å². The fourth-order valence-corrected chi connectivity index (χ4v) is 5.26. The second kappa shape index (κ2) is 8.13. The van der Waals surface area contributed by atoms with Gasteiger partial charge in [0.05, 0.1) is 11.3 Å². The van der Waals surface area contributed by atoms with Gasteiger partial charge in [0.25, 0.3) is 0 Å². The van der Waals surface area contributed by atoms with Gasteiger partial charge >= 0.3 is 6.03 Å². The van der Waals surface area contributed by atoms with Gasteiger partial charge in [0.2, 0.25) is 5.13 Å². The van der Waals surface area contributed by atoms with E-state index in [1.165, 1.54) is 0 Å². The van der Waals surface area contributed by atoms with E-state index in [9.17, 15) is 10.1 Å². The van der Waals surface area contributed by atoms with Gasteiger partial charge in [0.1, 0.15) is 18.3 Å². The minimum Gasteiger partial charge on any atom is -0.381 e. The van der Waals surface area contributed by atoms with E-state index >= 15 is 0 Å². The molecule has 3 N–H and O–H groups in total. The maximum Gasteiger partial charge on any atom is 0.323 e. The van der Waals surface area contributed by atoms with Crippen molar-refractivity contribution in [3.8, 4) is 6.07 Å². The van der Waals surface area contributed by atoms with E-state index in [0.29, 0.717) is 35.0 Å². The van der Waals surface area contributed by atoms with Gasteiger partial charge in [0, 0.05) is 55.6 Å². The van der Waals surface area contributed by atoms with E-state index in [-0.39, 0.29) is 12.1 Å². The van der Waals surface area contributed by atoms with Crippen molar-refractivity contribution in [1.29, 1.82) is 5.26 Å². The van der Waals surface area contributed by atoms with Crippen molar-refractivity contribution in [2.75, 3.05) is 30.8 Å². The number of nitrogens with zero attached hydrogens (tertiary/aromatic N) is 5. The van der Waals surface area contributed by atoms with E-state index in [1.807, 2.05) is 17.2 Å². The SMILES string of the molecule is COCc1nsc(NC(=O)N2CC3C[C@@H](Nc4c(C#N)cnc5[nH]ccc45)C[C@@H]3C2)n1. The van der Waals surface area contributed by atoms with Crippen LogP contribution in [0.2, 0.25) is 0 Å². The number of hydrogen-bond acceptors (Lipinski definition) is 8. The molecule has 1 saturated heterocycles. The Labute approximate surface area is 182 Å². The monoisotopic (exact) mass is 438 g/mol. The summed E-state index contributed by atoms with van der Waals surface area (Å²) in [6, 6.07) is 4.32. The van der Waals surface area contributed by atoms with E-state index in [0.717, 1.165) is 54.2 Å². The lowest BCUT2D eigenvalue weighted by Gasteiger charge is -2.21. The number of ether oxygens (including phenoxy) is 1. The molecule has 0 radical (unpaired) electrons. The Kier molecular flexibility index (Phi) is 5.17. The Morgan fingerprint density at radius 1 is 1.42 bits per heavy atom. The molecule has 3 aromatic heterocycles. The molecule has 31 heavy (non-hydrogen) atoms. The molecule has 160 valence electrons. The first-order valence-corrected chi connectivity index (χ1v) is 10.9. The van der Waals surface area contributed by atoms with Gasteiger partial charge in [-0.15, -0.1) is 0 Å². The maximum absolute atomic E-state index is 12.6. The van der Waals surface area contributed by atoms with Crippen LogP contribution in [-0.2, 0) is 11.3 Å². The number of likely N-dealkylation sites (tertiary alicyclic amines) is 1. The summed E-state index contributed by atoms with van der Waals surface area (Å²) in [6.07, 6.45) is 5.36. The molecule has 2 aliphatic rings. The number of carbonyl (C=O) groups is 1. The predicted molar refractivity (Wildman–Crippen MR) is 116 cm³/mol. The zero-order valence-electron chi connectivity index (χ0n) is 17.0. The Balaban J connectivity index is 1.20. The molecule has 2 fully saturated rings. The molecule has 1 saturated carbocycles. The number of aromatic amines is 1. The van der Waals surface area contributed by atoms with Crippen LogP contribution in [0, 0.1) is 23.2 Å². The number of hydrogen-bond donors (Lipinski definition) is 3. The van der Waals surface area contributed by atoms with Crippen molar-refractivity contribution >= 4 is 39.4 Å². The summed E-state index contributed by atoms with van der Waals surface area (Å²) < 4.78 is 9.17. The lowest BCUT2D eigenvalue weighted by molar-refractivity contribution is 0.179. The van der Waals surface area contributed by atoms with Crippen LogP contribution in [0.4, 0.5) is 15.6 Å². The van der Waals surface area contributed by atoms with Crippen LogP contribution >= 0.6 is 11.5 Å². The molecule has 11 heteroatoms. The van der Waals surface area contributed by atoms with Crippen molar-refractivity contribution in [2.45, 2.75) is 25.5 Å². The Morgan fingerprint density at radius 2 is 2.23 bits per heavy atom. The number of H-pyrrole nitrogens is 1. The fourth-order valence-electron chi connectivity index (χ4n) is 4.70. The summed E-state index contributed by atoms with van der Waals surface area (Å²) >= 11 is 1.16. The fraction of sp³-hybridized carbons (Fsp3) is 0.450. The van der Waals surface area contributed by atoms with Crippen molar-refractivity contribution in [3.05, 3.63) is 29.8 Å². The van der Waals surface area contributed by atoms with Crippen LogP contribution in [0.3, 0.4) is 0 Å². The molecule has 0 spiro atoms. The largest absolute Gasteiger partial charge is 0.381 e. The third-order valence-electron chi connectivity index (χ3n) is 6.05. The van der Waals surface area contributed by atoms with Gasteiger partial charge in [-0.1, -0.05) is 0 Å². The van der Waals surface area contributed by atoms with Gasteiger partial charge in [-0.3, -0.25) is 5.32 Å². The first-order chi connectivity index (χ1) is 15.1. The molecular weight excluding hydrogens is 416 g/mol. The molecule has 0 aromatic carbocycles. The third kappa shape index (κ3) is 3.80. The highest BCUT2D eigenvalue weighted by molar-refractivity contribution is 7.09. The normalized spacial score (nSPS) is 22.5. The number of fused-ring (bicyclic) bond motifs is 2. The average Bonchev–Trinajstić information content (AvgIpc) is 3.52. The van der Waals surface area contributed by atoms with Crippen molar-refractivity contribution in [1.82, 2.24) is 24.2 Å². The number of anilines is 2. The molecule has 2 amide bonds. The van der Waals surface area contributed by atoms with Crippen LogP contribution in [-0.4, -0.2) is 56.5 Å². The van der Waals surface area contributed by atoms with Crippen LogP contribution in [0.5, 0.6) is 0 Å². The molecule has 4 heterocycles. The maximum atomic E-state index is 12.6. The number of carbonyl (C=O) groups excluding carboxylic acids is 1. The zero-order chi connectivity index (χ0) is 21.4. The number of nitriles is 1. The minimum absolute atomic E-state index is 0.131.